The second kappa shape index (κ2) is 6.21. The predicted molar refractivity (Wildman–Crippen MR) is 76.6 cm³/mol. The topological polar surface area (TPSA) is 99.4 Å². The summed E-state index contributed by atoms with van der Waals surface area (Å²) in [6.45, 7) is 5.50. The van der Waals surface area contributed by atoms with Crippen molar-refractivity contribution < 1.29 is 14.4 Å². The minimum Gasteiger partial charge on any atom is -0.469 e. The summed E-state index contributed by atoms with van der Waals surface area (Å²) in [6.07, 6.45) is 1.33. The van der Waals surface area contributed by atoms with Gasteiger partial charge >= 0.3 is 5.69 Å². The SMILES string of the molecule is CNc1nc(C)c([N+](=O)[O-])c(OC2CC(C)OC(C)C2)n1. The smallest absolute Gasteiger partial charge is 0.352 e. The quantitative estimate of drug-likeness (QED) is 0.670. The van der Waals surface area contributed by atoms with E-state index in [2.05, 4.69) is 15.3 Å². The van der Waals surface area contributed by atoms with Crippen molar-refractivity contribution in [3.63, 3.8) is 0 Å². The van der Waals surface area contributed by atoms with Crippen molar-refractivity contribution in [2.45, 2.75) is 51.9 Å². The number of anilines is 1. The third kappa shape index (κ3) is 3.57. The van der Waals surface area contributed by atoms with Crippen LogP contribution in [-0.4, -0.2) is 40.3 Å². The molecular weight excluding hydrogens is 276 g/mol. The zero-order valence-electron chi connectivity index (χ0n) is 12.6. The monoisotopic (exact) mass is 296 g/mol. The summed E-state index contributed by atoms with van der Waals surface area (Å²) in [5.41, 5.74) is 0.100. The molecule has 2 unspecified atom stereocenters. The van der Waals surface area contributed by atoms with E-state index in [1.54, 1.807) is 14.0 Å². The van der Waals surface area contributed by atoms with Gasteiger partial charge in [-0.3, -0.25) is 10.1 Å². The van der Waals surface area contributed by atoms with Gasteiger partial charge < -0.3 is 14.8 Å². The van der Waals surface area contributed by atoms with E-state index >= 15 is 0 Å². The van der Waals surface area contributed by atoms with Gasteiger partial charge in [0, 0.05) is 19.9 Å². The Morgan fingerprint density at radius 1 is 1.33 bits per heavy atom. The molecule has 116 valence electrons. The highest BCUT2D eigenvalue weighted by Crippen LogP contribution is 2.32. The molecule has 0 bridgehead atoms. The van der Waals surface area contributed by atoms with Crippen LogP contribution in [0.3, 0.4) is 0 Å². The van der Waals surface area contributed by atoms with Gasteiger partial charge in [0.25, 0.3) is 5.88 Å². The Hall–Kier alpha value is -1.96. The molecule has 8 nitrogen and oxygen atoms in total. The van der Waals surface area contributed by atoms with E-state index in [9.17, 15) is 10.1 Å². The minimum atomic E-state index is -0.504. The van der Waals surface area contributed by atoms with E-state index in [0.29, 0.717) is 18.8 Å². The first-order valence-electron chi connectivity index (χ1n) is 6.93. The molecule has 1 aliphatic rings. The highest BCUT2D eigenvalue weighted by molar-refractivity contribution is 5.48. The number of nitrogens with zero attached hydrogens (tertiary/aromatic N) is 3. The van der Waals surface area contributed by atoms with Crippen LogP contribution in [0, 0.1) is 17.0 Å². The Morgan fingerprint density at radius 3 is 2.48 bits per heavy atom. The van der Waals surface area contributed by atoms with E-state index < -0.39 is 4.92 Å². The van der Waals surface area contributed by atoms with Crippen LogP contribution in [0.15, 0.2) is 0 Å². The van der Waals surface area contributed by atoms with Crippen LogP contribution >= 0.6 is 0 Å². The maximum Gasteiger partial charge on any atom is 0.352 e. The summed E-state index contributed by atoms with van der Waals surface area (Å²) in [5.74, 6) is 0.324. The lowest BCUT2D eigenvalue weighted by molar-refractivity contribution is -0.387. The van der Waals surface area contributed by atoms with Crippen molar-refractivity contribution in [3.05, 3.63) is 15.8 Å². The first kappa shape index (κ1) is 15.4. The average Bonchev–Trinajstić information content (AvgIpc) is 2.36. The molecule has 1 N–H and O–H groups in total. The van der Waals surface area contributed by atoms with Crippen LogP contribution in [0.2, 0.25) is 0 Å². The fraction of sp³-hybridized carbons (Fsp3) is 0.692. The lowest BCUT2D eigenvalue weighted by Gasteiger charge is -2.31. The molecule has 2 atom stereocenters. The number of rotatable bonds is 4. The van der Waals surface area contributed by atoms with Gasteiger partial charge in [0.1, 0.15) is 11.8 Å². The molecule has 1 aromatic rings. The first-order valence-corrected chi connectivity index (χ1v) is 6.93. The number of hydrogen-bond acceptors (Lipinski definition) is 7. The van der Waals surface area contributed by atoms with Crippen LogP contribution in [0.5, 0.6) is 5.88 Å². The average molecular weight is 296 g/mol. The van der Waals surface area contributed by atoms with Crippen LogP contribution in [0.25, 0.3) is 0 Å². The third-order valence-corrected chi connectivity index (χ3v) is 3.37. The zero-order valence-corrected chi connectivity index (χ0v) is 12.6. The Kier molecular flexibility index (Phi) is 4.56. The summed E-state index contributed by atoms with van der Waals surface area (Å²) < 4.78 is 11.4. The molecular formula is C13H20N4O4. The fourth-order valence-corrected chi connectivity index (χ4v) is 2.54. The molecule has 0 radical (unpaired) electrons. The number of nitro groups is 1. The predicted octanol–water partition coefficient (Wildman–Crippen LogP) is 2.07. The zero-order chi connectivity index (χ0) is 15.6. The van der Waals surface area contributed by atoms with E-state index in [0.717, 1.165) is 0 Å². The van der Waals surface area contributed by atoms with Crippen LogP contribution in [-0.2, 0) is 4.74 Å². The lowest BCUT2D eigenvalue weighted by atomic mass is 10.0. The summed E-state index contributed by atoms with van der Waals surface area (Å²) in [5, 5.41) is 14.0. The summed E-state index contributed by atoms with van der Waals surface area (Å²) in [6, 6.07) is 0. The normalized spacial score (nSPS) is 25.4. The minimum absolute atomic E-state index is 0.0168. The van der Waals surface area contributed by atoms with Gasteiger partial charge in [0.15, 0.2) is 0 Å². The molecule has 1 aliphatic heterocycles. The molecule has 1 saturated heterocycles. The van der Waals surface area contributed by atoms with Gasteiger partial charge in [-0.2, -0.15) is 4.98 Å². The maximum atomic E-state index is 11.2. The molecule has 0 aromatic carbocycles. The molecule has 0 spiro atoms. The van der Waals surface area contributed by atoms with Gasteiger partial charge in [0.2, 0.25) is 5.95 Å². The first-order chi connectivity index (χ1) is 9.90. The molecule has 1 fully saturated rings. The van der Waals surface area contributed by atoms with Crippen molar-refractivity contribution in [2.24, 2.45) is 0 Å². The summed E-state index contributed by atoms with van der Waals surface area (Å²) >= 11 is 0. The van der Waals surface area contributed by atoms with Crippen LogP contribution in [0.4, 0.5) is 11.6 Å². The van der Waals surface area contributed by atoms with Gasteiger partial charge in [0.05, 0.1) is 17.1 Å². The van der Waals surface area contributed by atoms with Crippen LogP contribution in [0.1, 0.15) is 32.4 Å². The van der Waals surface area contributed by atoms with Gasteiger partial charge in [-0.1, -0.05) is 0 Å². The fourth-order valence-electron chi connectivity index (χ4n) is 2.54. The van der Waals surface area contributed by atoms with Gasteiger partial charge in [-0.05, 0) is 20.8 Å². The van der Waals surface area contributed by atoms with Crippen molar-refractivity contribution in [1.82, 2.24) is 9.97 Å². The molecule has 2 rings (SSSR count). The van der Waals surface area contributed by atoms with Crippen molar-refractivity contribution >= 4 is 11.6 Å². The van der Waals surface area contributed by atoms with Crippen molar-refractivity contribution in [1.29, 1.82) is 0 Å². The third-order valence-electron chi connectivity index (χ3n) is 3.37. The lowest BCUT2D eigenvalue weighted by Crippen LogP contribution is -2.36. The number of hydrogen-bond donors (Lipinski definition) is 1. The molecule has 0 aliphatic carbocycles. The summed E-state index contributed by atoms with van der Waals surface area (Å²) in [4.78, 5) is 18.8. The van der Waals surface area contributed by atoms with Crippen molar-refractivity contribution in [3.8, 4) is 5.88 Å². The molecule has 0 amide bonds. The Labute approximate surface area is 123 Å². The second-order valence-corrected chi connectivity index (χ2v) is 5.26. The highest BCUT2D eigenvalue weighted by Gasteiger charge is 2.30. The molecule has 2 heterocycles. The molecule has 8 heteroatoms. The van der Waals surface area contributed by atoms with E-state index in [4.69, 9.17) is 9.47 Å². The largest absolute Gasteiger partial charge is 0.469 e. The Morgan fingerprint density at radius 2 is 1.95 bits per heavy atom. The van der Waals surface area contributed by atoms with E-state index in [-0.39, 0.29) is 35.6 Å². The molecule has 1 aromatic heterocycles. The second-order valence-electron chi connectivity index (χ2n) is 5.26. The number of ether oxygens (including phenoxy) is 2. The van der Waals surface area contributed by atoms with Crippen molar-refractivity contribution in [2.75, 3.05) is 12.4 Å². The Bertz CT molecular complexity index is 527. The molecule has 21 heavy (non-hydrogen) atoms. The van der Waals surface area contributed by atoms with E-state index in [1.165, 1.54) is 0 Å². The maximum absolute atomic E-state index is 11.2. The number of nitrogens with one attached hydrogen (secondary N) is 1. The van der Waals surface area contributed by atoms with Gasteiger partial charge in [-0.15, -0.1) is 0 Å². The Balaban J connectivity index is 2.29. The molecule has 0 saturated carbocycles. The van der Waals surface area contributed by atoms with E-state index in [1.807, 2.05) is 13.8 Å². The number of aromatic nitrogens is 2. The highest BCUT2D eigenvalue weighted by atomic mass is 16.6. The number of aryl methyl sites for hydroxylation is 1. The standard InChI is InChI=1S/C13H20N4O4/c1-7-5-10(6-8(2)20-7)21-12-11(17(18)19)9(3)15-13(14-4)16-12/h7-8,10H,5-6H2,1-4H3,(H,14,15,16). The van der Waals surface area contributed by atoms with Gasteiger partial charge in [-0.25, -0.2) is 4.98 Å². The summed E-state index contributed by atoms with van der Waals surface area (Å²) in [7, 11) is 1.66. The van der Waals surface area contributed by atoms with Crippen LogP contribution < -0.4 is 10.1 Å².